The molecular formula is C28H25Cl2N5O4. The van der Waals surface area contributed by atoms with Gasteiger partial charge in [0.2, 0.25) is 5.95 Å². The van der Waals surface area contributed by atoms with Gasteiger partial charge in [0.15, 0.2) is 0 Å². The first-order chi connectivity index (χ1) is 18.9. The molecule has 0 bridgehead atoms. The molecule has 1 atom stereocenters. The molecule has 1 amide bonds. The molecule has 9 nitrogen and oxygen atoms in total. The average Bonchev–Trinajstić information content (AvgIpc) is 3.41. The summed E-state index contributed by atoms with van der Waals surface area (Å²) in [6.07, 6.45) is 1.45. The summed E-state index contributed by atoms with van der Waals surface area (Å²) >= 11 is 12.1. The van der Waals surface area contributed by atoms with Crippen LogP contribution in [0.5, 0.6) is 17.2 Å². The van der Waals surface area contributed by atoms with Gasteiger partial charge >= 0.3 is 0 Å². The number of aromatic nitrogens is 3. The maximum atomic E-state index is 13.7. The molecule has 0 saturated carbocycles. The van der Waals surface area contributed by atoms with Crippen molar-refractivity contribution in [1.29, 1.82) is 0 Å². The number of methoxy groups -OCH3 is 2. The van der Waals surface area contributed by atoms with Crippen molar-refractivity contribution in [3.05, 3.63) is 99.4 Å². The number of rotatable bonds is 8. The van der Waals surface area contributed by atoms with Crippen LogP contribution in [0.1, 0.15) is 24.1 Å². The zero-order valence-corrected chi connectivity index (χ0v) is 22.9. The number of halogens is 2. The molecule has 0 spiro atoms. The quantitative estimate of drug-likeness (QED) is 0.266. The number of amides is 1. The van der Waals surface area contributed by atoms with E-state index in [1.54, 1.807) is 49.2 Å². The number of allylic oxidation sites excluding steroid dienone is 1. The zero-order chi connectivity index (χ0) is 27.5. The molecule has 0 fully saturated rings. The van der Waals surface area contributed by atoms with E-state index >= 15 is 0 Å². The van der Waals surface area contributed by atoms with E-state index in [1.165, 1.54) is 6.33 Å². The molecule has 1 aliphatic rings. The number of hydrogen-bond acceptors (Lipinski definition) is 7. The highest BCUT2D eigenvalue weighted by Crippen LogP contribution is 2.37. The lowest BCUT2D eigenvalue weighted by atomic mass is 9.95. The van der Waals surface area contributed by atoms with E-state index in [-0.39, 0.29) is 5.91 Å². The second-order valence-corrected chi connectivity index (χ2v) is 9.54. The molecule has 2 heterocycles. The highest BCUT2D eigenvalue weighted by Gasteiger charge is 2.33. The second-order valence-electron chi connectivity index (χ2n) is 8.72. The Balaban J connectivity index is 1.42. The fraction of sp³-hybridized carbons (Fsp3) is 0.179. The molecule has 0 radical (unpaired) electrons. The summed E-state index contributed by atoms with van der Waals surface area (Å²) < 4.78 is 18.4. The molecule has 1 aromatic heterocycles. The van der Waals surface area contributed by atoms with Crippen LogP contribution in [0.2, 0.25) is 10.0 Å². The van der Waals surface area contributed by atoms with Crippen molar-refractivity contribution in [2.24, 2.45) is 0 Å². The number of benzene rings is 3. The summed E-state index contributed by atoms with van der Waals surface area (Å²) in [6.45, 7) is 2.16. The highest BCUT2D eigenvalue weighted by molar-refractivity contribution is 6.42. The molecule has 1 aliphatic heterocycles. The molecule has 5 rings (SSSR count). The molecule has 4 aromatic rings. The van der Waals surface area contributed by atoms with Crippen molar-refractivity contribution >= 4 is 40.7 Å². The van der Waals surface area contributed by atoms with E-state index in [4.69, 9.17) is 37.4 Å². The van der Waals surface area contributed by atoms with Crippen molar-refractivity contribution in [1.82, 2.24) is 14.8 Å². The number of nitrogens with one attached hydrogen (secondary N) is 2. The van der Waals surface area contributed by atoms with Crippen molar-refractivity contribution in [3.8, 4) is 17.2 Å². The lowest BCUT2D eigenvalue weighted by Crippen LogP contribution is -2.31. The molecule has 1 unspecified atom stereocenters. The van der Waals surface area contributed by atoms with Gasteiger partial charge in [-0.05, 0) is 54.4 Å². The third-order valence-corrected chi connectivity index (χ3v) is 7.02. The van der Waals surface area contributed by atoms with Crippen LogP contribution < -0.4 is 24.8 Å². The van der Waals surface area contributed by atoms with Crippen LogP contribution in [0.3, 0.4) is 0 Å². The maximum absolute atomic E-state index is 13.7. The maximum Gasteiger partial charge on any atom is 0.255 e. The Kier molecular flexibility index (Phi) is 7.63. The Morgan fingerprint density at radius 1 is 1.00 bits per heavy atom. The first kappa shape index (κ1) is 26.4. The molecule has 0 aliphatic carbocycles. The number of ether oxygens (including phenoxy) is 3. The van der Waals surface area contributed by atoms with Gasteiger partial charge in [-0.1, -0.05) is 41.4 Å². The minimum absolute atomic E-state index is 0.322. The minimum Gasteiger partial charge on any atom is -0.497 e. The average molecular weight is 566 g/mol. The number of carbonyl (C=O) groups excluding carboxylic acids is 1. The van der Waals surface area contributed by atoms with Gasteiger partial charge < -0.3 is 24.8 Å². The summed E-state index contributed by atoms with van der Waals surface area (Å²) in [4.78, 5) is 18.0. The highest BCUT2D eigenvalue weighted by atomic mass is 35.5. The van der Waals surface area contributed by atoms with Crippen molar-refractivity contribution in [2.45, 2.75) is 19.6 Å². The fourth-order valence-corrected chi connectivity index (χ4v) is 4.66. The summed E-state index contributed by atoms with van der Waals surface area (Å²) in [7, 11) is 3.10. The van der Waals surface area contributed by atoms with Gasteiger partial charge in [0.1, 0.15) is 36.2 Å². The number of hydrogen-bond donors (Lipinski definition) is 2. The first-order valence-electron chi connectivity index (χ1n) is 11.9. The summed E-state index contributed by atoms with van der Waals surface area (Å²) in [6, 6.07) is 17.5. The van der Waals surface area contributed by atoms with Gasteiger partial charge in [0.05, 0.1) is 35.5 Å². The van der Waals surface area contributed by atoms with Crippen LogP contribution in [0, 0.1) is 0 Å². The summed E-state index contributed by atoms with van der Waals surface area (Å²) in [5.41, 5.74) is 3.33. The standard InChI is InChI=1S/C28H25Cl2N5O4/c1-16-25(27(36)34-23-13-20(37-2)9-11-24(23)38-3)26(35-28(33-16)31-15-32-35)18-5-7-19(8-6-18)39-14-17-4-10-21(29)22(30)12-17/h4-13,15,26H,14H2,1-3H3,(H,34,36)(H,31,32,33). The molecule has 200 valence electrons. The Labute approximate surface area is 235 Å². The van der Waals surface area contributed by atoms with E-state index in [1.807, 2.05) is 37.3 Å². The molecular weight excluding hydrogens is 541 g/mol. The van der Waals surface area contributed by atoms with Gasteiger partial charge in [-0.25, -0.2) is 4.68 Å². The van der Waals surface area contributed by atoms with Crippen LogP contribution in [-0.2, 0) is 11.4 Å². The number of carbonyl (C=O) groups is 1. The summed E-state index contributed by atoms with van der Waals surface area (Å²) in [5, 5.41) is 11.5. The lowest BCUT2D eigenvalue weighted by molar-refractivity contribution is -0.113. The van der Waals surface area contributed by atoms with E-state index in [0.29, 0.717) is 56.8 Å². The summed E-state index contributed by atoms with van der Waals surface area (Å²) in [5.74, 6) is 1.97. The smallest absolute Gasteiger partial charge is 0.255 e. The Hall–Kier alpha value is -4.21. The number of nitrogens with zero attached hydrogens (tertiary/aromatic N) is 3. The molecule has 0 saturated heterocycles. The van der Waals surface area contributed by atoms with Crippen molar-refractivity contribution in [3.63, 3.8) is 0 Å². The fourth-order valence-electron chi connectivity index (χ4n) is 4.34. The minimum atomic E-state index is -0.538. The van der Waals surface area contributed by atoms with Gasteiger partial charge in [-0.3, -0.25) is 4.79 Å². The van der Waals surface area contributed by atoms with Crippen LogP contribution in [0.15, 0.2) is 78.3 Å². The Morgan fingerprint density at radius 3 is 2.49 bits per heavy atom. The van der Waals surface area contributed by atoms with Crippen LogP contribution in [0.25, 0.3) is 0 Å². The lowest BCUT2D eigenvalue weighted by Gasteiger charge is -2.29. The topological polar surface area (TPSA) is 99.5 Å². The molecule has 3 aromatic carbocycles. The van der Waals surface area contributed by atoms with Crippen LogP contribution >= 0.6 is 23.2 Å². The van der Waals surface area contributed by atoms with Gasteiger partial charge in [0, 0.05) is 11.8 Å². The Bertz CT molecular complexity index is 1550. The predicted octanol–water partition coefficient (Wildman–Crippen LogP) is 6.11. The second kappa shape index (κ2) is 11.3. The van der Waals surface area contributed by atoms with Crippen molar-refractivity contribution in [2.75, 3.05) is 24.9 Å². The van der Waals surface area contributed by atoms with Gasteiger partial charge in [-0.15, -0.1) is 0 Å². The monoisotopic (exact) mass is 565 g/mol. The third-order valence-electron chi connectivity index (χ3n) is 6.28. The Morgan fingerprint density at radius 2 is 1.77 bits per heavy atom. The van der Waals surface area contributed by atoms with Crippen LogP contribution in [0.4, 0.5) is 11.6 Å². The molecule has 2 N–H and O–H groups in total. The predicted molar refractivity (Wildman–Crippen MR) is 150 cm³/mol. The van der Waals surface area contributed by atoms with E-state index in [0.717, 1.165) is 11.1 Å². The van der Waals surface area contributed by atoms with E-state index in [2.05, 4.69) is 20.7 Å². The van der Waals surface area contributed by atoms with E-state index in [9.17, 15) is 4.79 Å². The normalized spacial score (nSPS) is 14.3. The number of anilines is 2. The third kappa shape index (κ3) is 5.50. The van der Waals surface area contributed by atoms with E-state index < -0.39 is 6.04 Å². The molecule has 39 heavy (non-hydrogen) atoms. The zero-order valence-electron chi connectivity index (χ0n) is 21.4. The van der Waals surface area contributed by atoms with Crippen LogP contribution in [-0.4, -0.2) is 34.9 Å². The van der Waals surface area contributed by atoms with Crippen molar-refractivity contribution < 1.29 is 19.0 Å². The number of fused-ring (bicyclic) bond motifs is 1. The van der Waals surface area contributed by atoms with Gasteiger partial charge in [0.25, 0.3) is 5.91 Å². The van der Waals surface area contributed by atoms with Gasteiger partial charge in [-0.2, -0.15) is 10.1 Å². The SMILES string of the molecule is COc1ccc(OC)c(NC(=O)C2=C(C)Nc3ncnn3C2c2ccc(OCc3ccc(Cl)c(Cl)c3)cc2)c1. The first-order valence-corrected chi connectivity index (χ1v) is 12.7. The molecule has 11 heteroatoms. The largest absolute Gasteiger partial charge is 0.497 e.